The van der Waals surface area contributed by atoms with E-state index in [0.29, 0.717) is 17.8 Å². The molecule has 1 aliphatic rings. The Balaban J connectivity index is 2.35. The molecule has 2 unspecified atom stereocenters. The number of alkyl halides is 1. The van der Waals surface area contributed by atoms with Crippen molar-refractivity contribution in [3.8, 4) is 0 Å². The Kier molecular flexibility index (Phi) is 2.52. The fourth-order valence-corrected chi connectivity index (χ4v) is 2.11. The van der Waals surface area contributed by atoms with E-state index < -0.39 is 0 Å². The van der Waals surface area contributed by atoms with Crippen LogP contribution >= 0.6 is 11.6 Å². The summed E-state index contributed by atoms with van der Waals surface area (Å²) in [4.78, 5) is 0. The Morgan fingerprint density at radius 3 is 2.57 bits per heavy atom. The van der Waals surface area contributed by atoms with Crippen LogP contribution in [-0.2, 0) is 5.88 Å². The number of aromatic nitrogens is 3. The van der Waals surface area contributed by atoms with Gasteiger partial charge < -0.3 is 4.57 Å². The molecule has 0 spiro atoms. The molecular weight excluding hydrogens is 198 g/mol. The maximum absolute atomic E-state index is 5.83. The lowest BCUT2D eigenvalue weighted by Crippen LogP contribution is -2.09. The molecule has 4 heteroatoms. The average molecular weight is 214 g/mol. The van der Waals surface area contributed by atoms with Gasteiger partial charge in [0.2, 0.25) is 0 Å². The van der Waals surface area contributed by atoms with Crippen molar-refractivity contribution in [1.29, 1.82) is 0 Å². The molecule has 0 aromatic carbocycles. The standard InChI is InChI=1S/C10H16ClN3/c1-6(2)14-9(5-11)12-13-10(14)8-4-7(8)3/h6-8H,4-5H2,1-3H3. The summed E-state index contributed by atoms with van der Waals surface area (Å²) in [6.07, 6.45) is 1.24. The molecule has 2 atom stereocenters. The lowest BCUT2D eigenvalue weighted by Gasteiger charge is -2.12. The monoisotopic (exact) mass is 213 g/mol. The fourth-order valence-electron chi connectivity index (χ4n) is 1.93. The molecule has 0 aliphatic heterocycles. The van der Waals surface area contributed by atoms with E-state index in [1.54, 1.807) is 0 Å². The van der Waals surface area contributed by atoms with Crippen molar-refractivity contribution < 1.29 is 0 Å². The first-order valence-corrected chi connectivity index (χ1v) is 5.68. The SMILES string of the molecule is CC1CC1c1nnc(CCl)n1C(C)C. The smallest absolute Gasteiger partial charge is 0.148 e. The van der Waals surface area contributed by atoms with Gasteiger partial charge in [-0.2, -0.15) is 0 Å². The molecule has 0 saturated heterocycles. The summed E-state index contributed by atoms with van der Waals surface area (Å²) in [6.45, 7) is 6.55. The molecule has 78 valence electrons. The second-order valence-corrected chi connectivity index (χ2v) is 4.66. The van der Waals surface area contributed by atoms with Gasteiger partial charge in [0.05, 0.1) is 5.88 Å². The van der Waals surface area contributed by atoms with Crippen LogP contribution in [0.1, 0.15) is 50.8 Å². The van der Waals surface area contributed by atoms with E-state index in [9.17, 15) is 0 Å². The molecule has 0 radical (unpaired) electrons. The number of halogens is 1. The van der Waals surface area contributed by atoms with Crippen molar-refractivity contribution in [2.24, 2.45) is 5.92 Å². The second kappa shape index (κ2) is 3.54. The van der Waals surface area contributed by atoms with Gasteiger partial charge in [0.15, 0.2) is 0 Å². The van der Waals surface area contributed by atoms with Gasteiger partial charge in [-0.25, -0.2) is 0 Å². The lowest BCUT2D eigenvalue weighted by molar-refractivity contribution is 0.548. The van der Waals surface area contributed by atoms with Gasteiger partial charge in [-0.3, -0.25) is 0 Å². The predicted molar refractivity (Wildman–Crippen MR) is 56.5 cm³/mol. The molecular formula is C10H16ClN3. The quantitative estimate of drug-likeness (QED) is 0.723. The summed E-state index contributed by atoms with van der Waals surface area (Å²) in [5, 5.41) is 8.38. The minimum Gasteiger partial charge on any atom is -0.311 e. The average Bonchev–Trinajstić information content (AvgIpc) is 2.72. The van der Waals surface area contributed by atoms with Crippen LogP contribution in [0.2, 0.25) is 0 Å². The Hall–Kier alpha value is -0.570. The molecule has 1 fully saturated rings. The molecule has 14 heavy (non-hydrogen) atoms. The van der Waals surface area contributed by atoms with Crippen LogP contribution in [0, 0.1) is 5.92 Å². The highest BCUT2D eigenvalue weighted by Gasteiger charge is 2.39. The van der Waals surface area contributed by atoms with E-state index >= 15 is 0 Å². The van der Waals surface area contributed by atoms with Crippen LogP contribution in [0.15, 0.2) is 0 Å². The highest BCUT2D eigenvalue weighted by molar-refractivity contribution is 6.16. The van der Waals surface area contributed by atoms with Crippen molar-refractivity contribution in [2.75, 3.05) is 0 Å². The molecule has 2 rings (SSSR count). The molecule has 1 aliphatic carbocycles. The normalized spacial score (nSPS) is 25.8. The molecule has 1 heterocycles. The Bertz CT molecular complexity index is 332. The molecule has 1 aromatic rings. The summed E-state index contributed by atoms with van der Waals surface area (Å²) in [7, 11) is 0. The minimum absolute atomic E-state index is 0.404. The number of hydrogen-bond acceptors (Lipinski definition) is 2. The maximum atomic E-state index is 5.83. The molecule has 3 nitrogen and oxygen atoms in total. The van der Waals surface area contributed by atoms with Crippen LogP contribution in [0.25, 0.3) is 0 Å². The number of hydrogen-bond donors (Lipinski definition) is 0. The first-order valence-electron chi connectivity index (χ1n) is 5.14. The largest absolute Gasteiger partial charge is 0.311 e. The van der Waals surface area contributed by atoms with E-state index in [4.69, 9.17) is 11.6 Å². The summed E-state index contributed by atoms with van der Waals surface area (Å²) >= 11 is 5.83. The van der Waals surface area contributed by atoms with E-state index in [1.165, 1.54) is 6.42 Å². The fraction of sp³-hybridized carbons (Fsp3) is 0.800. The Morgan fingerprint density at radius 2 is 2.14 bits per heavy atom. The van der Waals surface area contributed by atoms with Crippen molar-refractivity contribution >= 4 is 11.6 Å². The third-order valence-electron chi connectivity index (χ3n) is 2.87. The highest BCUT2D eigenvalue weighted by Crippen LogP contribution is 2.46. The van der Waals surface area contributed by atoms with Crippen molar-refractivity contribution in [1.82, 2.24) is 14.8 Å². The van der Waals surface area contributed by atoms with Crippen LogP contribution in [0.3, 0.4) is 0 Å². The molecule has 1 aromatic heterocycles. The number of rotatable bonds is 3. The predicted octanol–water partition coefficient (Wildman–Crippen LogP) is 2.72. The van der Waals surface area contributed by atoms with Crippen LogP contribution in [0.4, 0.5) is 0 Å². The van der Waals surface area contributed by atoms with Crippen LogP contribution in [-0.4, -0.2) is 14.8 Å². The van der Waals surface area contributed by atoms with Gasteiger partial charge in [0.1, 0.15) is 11.6 Å². The third-order valence-corrected chi connectivity index (χ3v) is 3.11. The summed E-state index contributed by atoms with van der Waals surface area (Å²) < 4.78 is 2.18. The van der Waals surface area contributed by atoms with Gasteiger partial charge in [-0.1, -0.05) is 6.92 Å². The van der Waals surface area contributed by atoms with Crippen molar-refractivity contribution in [3.05, 3.63) is 11.6 Å². The van der Waals surface area contributed by atoms with E-state index in [1.807, 2.05) is 0 Å². The molecule has 1 saturated carbocycles. The zero-order valence-corrected chi connectivity index (χ0v) is 9.62. The van der Waals surface area contributed by atoms with Gasteiger partial charge in [-0.05, 0) is 26.2 Å². The van der Waals surface area contributed by atoms with Crippen LogP contribution < -0.4 is 0 Å². The van der Waals surface area contributed by atoms with E-state index in [0.717, 1.165) is 17.6 Å². The topological polar surface area (TPSA) is 30.7 Å². The van der Waals surface area contributed by atoms with Gasteiger partial charge in [0.25, 0.3) is 0 Å². The molecule has 0 amide bonds. The van der Waals surface area contributed by atoms with E-state index in [-0.39, 0.29) is 0 Å². The summed E-state index contributed by atoms with van der Waals surface area (Å²) in [5.41, 5.74) is 0. The van der Waals surface area contributed by atoms with Crippen LogP contribution in [0.5, 0.6) is 0 Å². The first-order chi connectivity index (χ1) is 6.65. The van der Waals surface area contributed by atoms with E-state index in [2.05, 4.69) is 35.5 Å². The zero-order valence-electron chi connectivity index (χ0n) is 8.87. The Labute approximate surface area is 89.5 Å². The third kappa shape index (κ3) is 1.54. The summed E-state index contributed by atoms with van der Waals surface area (Å²) in [5.74, 6) is 3.85. The lowest BCUT2D eigenvalue weighted by atomic mass is 10.3. The van der Waals surface area contributed by atoms with Gasteiger partial charge >= 0.3 is 0 Å². The maximum Gasteiger partial charge on any atom is 0.148 e. The molecule has 0 N–H and O–H groups in total. The number of nitrogens with zero attached hydrogens (tertiary/aromatic N) is 3. The highest BCUT2D eigenvalue weighted by atomic mass is 35.5. The summed E-state index contributed by atoms with van der Waals surface area (Å²) in [6, 6.07) is 0.404. The Morgan fingerprint density at radius 1 is 1.50 bits per heavy atom. The second-order valence-electron chi connectivity index (χ2n) is 4.39. The molecule has 0 bridgehead atoms. The van der Waals surface area contributed by atoms with Crippen molar-refractivity contribution in [2.45, 2.75) is 45.0 Å². The van der Waals surface area contributed by atoms with Crippen molar-refractivity contribution in [3.63, 3.8) is 0 Å². The van der Waals surface area contributed by atoms with Gasteiger partial charge in [0, 0.05) is 12.0 Å². The zero-order chi connectivity index (χ0) is 10.3. The van der Waals surface area contributed by atoms with Gasteiger partial charge in [-0.15, -0.1) is 21.8 Å². The first kappa shape index (κ1) is 9.97. The minimum atomic E-state index is 0.404.